The molecule has 22 heavy (non-hydrogen) atoms. The molecule has 1 aliphatic rings. The van der Waals surface area contributed by atoms with Gasteiger partial charge in [0, 0.05) is 18.2 Å². The van der Waals surface area contributed by atoms with Crippen molar-refractivity contribution in [1.82, 2.24) is 9.62 Å². The molecule has 0 atom stereocenters. The van der Waals surface area contributed by atoms with Crippen LogP contribution in [0.1, 0.15) is 18.4 Å². The van der Waals surface area contributed by atoms with Gasteiger partial charge in [-0.25, -0.2) is 13.1 Å². The topological polar surface area (TPSA) is 67.9 Å². The first-order chi connectivity index (χ1) is 10.5. The van der Waals surface area contributed by atoms with E-state index in [0.717, 1.165) is 18.7 Å². The minimum absolute atomic E-state index is 0.224. The molecule has 0 spiro atoms. The number of methoxy groups -OCH3 is 2. The van der Waals surface area contributed by atoms with Crippen molar-refractivity contribution in [3.8, 4) is 11.5 Å². The zero-order chi connectivity index (χ0) is 16.2. The molecule has 6 nitrogen and oxygen atoms in total. The van der Waals surface area contributed by atoms with Crippen molar-refractivity contribution in [3.05, 3.63) is 23.8 Å². The second-order valence-corrected chi connectivity index (χ2v) is 7.59. The van der Waals surface area contributed by atoms with Gasteiger partial charge >= 0.3 is 0 Å². The van der Waals surface area contributed by atoms with Crippen molar-refractivity contribution < 1.29 is 17.9 Å². The number of nitrogens with one attached hydrogen (secondary N) is 1. The molecule has 7 heteroatoms. The third-order valence-electron chi connectivity index (χ3n) is 4.06. The molecule has 1 fully saturated rings. The van der Waals surface area contributed by atoms with Crippen LogP contribution in [0.4, 0.5) is 0 Å². The number of benzene rings is 1. The van der Waals surface area contributed by atoms with E-state index in [-0.39, 0.29) is 11.8 Å². The van der Waals surface area contributed by atoms with E-state index in [1.165, 1.54) is 0 Å². The highest BCUT2D eigenvalue weighted by molar-refractivity contribution is 7.90. The molecule has 0 aliphatic carbocycles. The zero-order valence-electron chi connectivity index (χ0n) is 13.3. The average molecular weight is 328 g/mol. The first kappa shape index (κ1) is 17.1. The number of nitrogens with zero attached hydrogens (tertiary/aromatic N) is 1. The fraction of sp³-hybridized carbons (Fsp3) is 0.600. The lowest BCUT2D eigenvalue weighted by molar-refractivity contribution is 0.277. The first-order valence-corrected chi connectivity index (χ1v) is 8.89. The van der Waals surface area contributed by atoms with Crippen LogP contribution in [0.2, 0.25) is 0 Å². The van der Waals surface area contributed by atoms with Crippen LogP contribution in [0.5, 0.6) is 11.5 Å². The molecule has 124 valence electrons. The summed E-state index contributed by atoms with van der Waals surface area (Å²) in [5, 5.41) is -0.312. The highest BCUT2D eigenvalue weighted by Gasteiger charge is 2.28. The minimum atomic E-state index is -3.31. The Morgan fingerprint density at radius 2 is 1.91 bits per heavy atom. The summed E-state index contributed by atoms with van der Waals surface area (Å²) in [6, 6.07) is 5.36. The zero-order valence-corrected chi connectivity index (χ0v) is 14.1. The van der Waals surface area contributed by atoms with E-state index in [4.69, 9.17) is 9.47 Å². The summed E-state index contributed by atoms with van der Waals surface area (Å²) in [6.07, 6.45) is 1.34. The van der Waals surface area contributed by atoms with Gasteiger partial charge in [-0.2, -0.15) is 0 Å². The molecule has 0 aromatic heterocycles. The molecule has 0 unspecified atom stereocenters. The molecule has 1 aromatic carbocycles. The Morgan fingerprint density at radius 3 is 2.50 bits per heavy atom. The third-order valence-corrected chi connectivity index (χ3v) is 5.96. The summed E-state index contributed by atoms with van der Waals surface area (Å²) < 4.78 is 37.9. The van der Waals surface area contributed by atoms with Gasteiger partial charge in [0.2, 0.25) is 10.0 Å². The maximum atomic E-state index is 12.4. The predicted octanol–water partition coefficient (Wildman–Crippen LogP) is 1.22. The van der Waals surface area contributed by atoms with Gasteiger partial charge in [0.1, 0.15) is 11.5 Å². The highest BCUT2D eigenvalue weighted by Crippen LogP contribution is 2.25. The third kappa shape index (κ3) is 4.12. The van der Waals surface area contributed by atoms with Crippen LogP contribution in [0.25, 0.3) is 0 Å². The second-order valence-electron chi connectivity index (χ2n) is 5.55. The van der Waals surface area contributed by atoms with Crippen molar-refractivity contribution in [1.29, 1.82) is 0 Å². The Balaban J connectivity index is 2.02. The predicted molar refractivity (Wildman–Crippen MR) is 85.8 cm³/mol. The summed E-state index contributed by atoms with van der Waals surface area (Å²) in [4.78, 5) is 2.15. The Hall–Kier alpha value is -1.31. The van der Waals surface area contributed by atoms with E-state index in [2.05, 4.69) is 9.62 Å². The maximum absolute atomic E-state index is 12.4. The van der Waals surface area contributed by atoms with Gasteiger partial charge in [-0.15, -0.1) is 0 Å². The van der Waals surface area contributed by atoms with E-state index >= 15 is 0 Å². The summed E-state index contributed by atoms with van der Waals surface area (Å²) in [7, 11) is 1.84. The Bertz CT molecular complexity index is 596. The van der Waals surface area contributed by atoms with Crippen LogP contribution in [-0.4, -0.2) is 52.9 Å². The highest BCUT2D eigenvalue weighted by atomic mass is 32.2. The quantitative estimate of drug-likeness (QED) is 0.850. The summed E-state index contributed by atoms with van der Waals surface area (Å²) in [6.45, 7) is 1.86. The standard InChI is InChI=1S/C15H24N2O4S/c1-17-8-6-14(7-9-17)22(18,19)16-11-12-4-5-13(20-2)10-15(12)21-3/h4-5,10,14,16H,6-9,11H2,1-3H3. The van der Waals surface area contributed by atoms with Gasteiger partial charge < -0.3 is 14.4 Å². The van der Waals surface area contributed by atoms with Gasteiger partial charge in [-0.3, -0.25) is 0 Å². The molecule has 1 aromatic rings. The molecule has 2 rings (SSSR count). The van der Waals surface area contributed by atoms with Crippen LogP contribution in [0, 0.1) is 0 Å². The number of hydrogen-bond acceptors (Lipinski definition) is 5. The SMILES string of the molecule is COc1ccc(CNS(=O)(=O)C2CCN(C)CC2)c(OC)c1. The van der Waals surface area contributed by atoms with Crippen molar-refractivity contribution in [3.63, 3.8) is 0 Å². The fourth-order valence-corrected chi connectivity index (χ4v) is 4.01. The minimum Gasteiger partial charge on any atom is -0.497 e. The molecule has 0 amide bonds. The lowest BCUT2D eigenvalue weighted by atomic mass is 10.1. The molecule has 1 saturated heterocycles. The smallest absolute Gasteiger partial charge is 0.214 e. The van der Waals surface area contributed by atoms with Crippen LogP contribution >= 0.6 is 0 Å². The lowest BCUT2D eigenvalue weighted by Gasteiger charge is -2.28. The number of piperidine rings is 1. The normalized spacial score (nSPS) is 17.4. The summed E-state index contributed by atoms with van der Waals surface area (Å²) in [5.74, 6) is 1.30. The maximum Gasteiger partial charge on any atom is 0.214 e. The van der Waals surface area contributed by atoms with Gasteiger partial charge in [0.05, 0.1) is 19.5 Å². The molecule has 0 bridgehead atoms. The lowest BCUT2D eigenvalue weighted by Crippen LogP contribution is -2.42. The van der Waals surface area contributed by atoms with Gasteiger partial charge in [0.25, 0.3) is 0 Å². The monoisotopic (exact) mass is 328 g/mol. The number of rotatable bonds is 6. The van der Waals surface area contributed by atoms with Crippen molar-refractivity contribution >= 4 is 10.0 Å². The van der Waals surface area contributed by atoms with Crippen LogP contribution in [-0.2, 0) is 16.6 Å². The summed E-state index contributed by atoms with van der Waals surface area (Å²) in [5.41, 5.74) is 0.791. The first-order valence-electron chi connectivity index (χ1n) is 7.34. The summed E-state index contributed by atoms with van der Waals surface area (Å²) >= 11 is 0. The molecule has 1 heterocycles. The van der Waals surface area contributed by atoms with Gasteiger partial charge in [-0.05, 0) is 39.0 Å². The van der Waals surface area contributed by atoms with E-state index in [1.807, 2.05) is 13.1 Å². The van der Waals surface area contributed by atoms with E-state index in [1.54, 1.807) is 26.4 Å². The number of likely N-dealkylation sites (tertiary alicyclic amines) is 1. The second kappa shape index (κ2) is 7.30. The fourth-order valence-electron chi connectivity index (χ4n) is 2.59. The van der Waals surface area contributed by atoms with Crippen molar-refractivity contribution in [2.45, 2.75) is 24.6 Å². The molecule has 0 radical (unpaired) electrons. The number of sulfonamides is 1. The Morgan fingerprint density at radius 1 is 1.23 bits per heavy atom. The van der Waals surface area contributed by atoms with Crippen LogP contribution in [0.3, 0.4) is 0 Å². The number of ether oxygens (including phenoxy) is 2. The molecular formula is C15H24N2O4S. The largest absolute Gasteiger partial charge is 0.497 e. The molecule has 0 saturated carbocycles. The van der Waals surface area contributed by atoms with E-state index in [9.17, 15) is 8.42 Å². The molecular weight excluding hydrogens is 304 g/mol. The molecule has 1 aliphatic heterocycles. The van der Waals surface area contributed by atoms with Crippen LogP contribution < -0.4 is 14.2 Å². The van der Waals surface area contributed by atoms with E-state index in [0.29, 0.717) is 24.3 Å². The average Bonchev–Trinajstić information content (AvgIpc) is 2.53. The Kier molecular flexibility index (Phi) is 5.66. The van der Waals surface area contributed by atoms with Gasteiger partial charge in [0.15, 0.2) is 0 Å². The van der Waals surface area contributed by atoms with Crippen molar-refractivity contribution in [2.75, 3.05) is 34.4 Å². The number of hydrogen-bond donors (Lipinski definition) is 1. The van der Waals surface area contributed by atoms with Gasteiger partial charge in [-0.1, -0.05) is 6.07 Å². The van der Waals surface area contributed by atoms with Crippen molar-refractivity contribution in [2.24, 2.45) is 0 Å². The van der Waals surface area contributed by atoms with Crippen LogP contribution in [0.15, 0.2) is 18.2 Å². The van der Waals surface area contributed by atoms with E-state index < -0.39 is 10.0 Å². The Labute approximate surface area is 132 Å². The molecule has 1 N–H and O–H groups in total.